The molecule has 72 valence electrons. The van der Waals surface area contributed by atoms with Gasteiger partial charge in [0, 0.05) is 10.8 Å². The van der Waals surface area contributed by atoms with Crippen LogP contribution in [0.15, 0.2) is 24.3 Å². The molecule has 0 radical (unpaired) electrons. The SMILES string of the molecule is O=S(=O)([O-])SCc1ccccc1Cl.[Na+]. The first kappa shape index (κ1) is 14.8. The zero-order chi connectivity index (χ0) is 9.90. The first-order chi connectivity index (χ1) is 5.99. The van der Waals surface area contributed by atoms with Crippen molar-refractivity contribution in [3.8, 4) is 0 Å². The average molecular weight is 261 g/mol. The third-order valence-corrected chi connectivity index (χ3v) is 3.62. The van der Waals surface area contributed by atoms with E-state index in [1.807, 2.05) is 0 Å². The fourth-order valence-electron chi connectivity index (χ4n) is 0.751. The predicted octanol–water partition coefficient (Wildman–Crippen LogP) is -0.963. The van der Waals surface area contributed by atoms with Gasteiger partial charge in [-0.25, -0.2) is 8.42 Å². The molecule has 1 aromatic rings. The molecule has 0 bridgehead atoms. The first-order valence-corrected chi connectivity index (χ1v) is 6.61. The van der Waals surface area contributed by atoms with Crippen LogP contribution in [0.25, 0.3) is 0 Å². The maximum Gasteiger partial charge on any atom is 1.00 e. The Morgan fingerprint density at radius 1 is 1.36 bits per heavy atom. The maximum atomic E-state index is 10.3. The minimum absolute atomic E-state index is 0. The van der Waals surface area contributed by atoms with E-state index in [4.69, 9.17) is 11.6 Å². The third-order valence-electron chi connectivity index (χ3n) is 1.32. The molecule has 0 saturated heterocycles. The molecular weight excluding hydrogens is 255 g/mol. The summed E-state index contributed by atoms with van der Waals surface area (Å²) in [6, 6.07) is 6.80. The molecule has 7 heteroatoms. The Morgan fingerprint density at radius 2 is 1.93 bits per heavy atom. The Balaban J connectivity index is 0.00000169. The summed E-state index contributed by atoms with van der Waals surface area (Å²) in [7, 11) is -3.90. The summed E-state index contributed by atoms with van der Waals surface area (Å²) in [6.07, 6.45) is 0. The van der Waals surface area contributed by atoms with Gasteiger partial charge < -0.3 is 4.55 Å². The second-order valence-electron chi connectivity index (χ2n) is 2.26. The van der Waals surface area contributed by atoms with Crippen LogP contribution in [0.2, 0.25) is 5.02 Å². The van der Waals surface area contributed by atoms with Gasteiger partial charge in [-0.2, -0.15) is 0 Å². The molecular formula is C7H6ClNaO3S2. The molecule has 0 unspecified atom stereocenters. The van der Waals surface area contributed by atoms with Crippen LogP contribution in [0.4, 0.5) is 0 Å². The van der Waals surface area contributed by atoms with E-state index in [0.717, 1.165) is 0 Å². The summed E-state index contributed by atoms with van der Waals surface area (Å²) >= 11 is 5.74. The summed E-state index contributed by atoms with van der Waals surface area (Å²) in [5.41, 5.74) is 0.647. The van der Waals surface area contributed by atoms with Crippen LogP contribution in [0, 0.1) is 0 Å². The van der Waals surface area contributed by atoms with E-state index >= 15 is 0 Å². The van der Waals surface area contributed by atoms with Crippen LogP contribution in [0.5, 0.6) is 0 Å². The van der Waals surface area contributed by atoms with Gasteiger partial charge in [0.25, 0.3) is 0 Å². The monoisotopic (exact) mass is 260 g/mol. The van der Waals surface area contributed by atoms with Gasteiger partial charge in [0.15, 0.2) is 0 Å². The van der Waals surface area contributed by atoms with Crippen LogP contribution in [0.3, 0.4) is 0 Å². The molecule has 0 amide bonds. The van der Waals surface area contributed by atoms with Crippen molar-refractivity contribution in [2.45, 2.75) is 5.75 Å². The van der Waals surface area contributed by atoms with E-state index in [-0.39, 0.29) is 35.3 Å². The summed E-state index contributed by atoms with van der Waals surface area (Å²) in [6.45, 7) is 0. The zero-order valence-electron chi connectivity index (χ0n) is 7.44. The fraction of sp³-hybridized carbons (Fsp3) is 0.143. The fourth-order valence-corrected chi connectivity index (χ4v) is 2.37. The van der Waals surface area contributed by atoms with Gasteiger partial charge in [-0.15, -0.1) is 0 Å². The minimum atomic E-state index is -4.23. The smallest absolute Gasteiger partial charge is 0.739 e. The number of rotatable bonds is 3. The van der Waals surface area contributed by atoms with Crippen LogP contribution < -0.4 is 29.6 Å². The minimum Gasteiger partial charge on any atom is -0.739 e. The molecule has 0 aliphatic heterocycles. The van der Waals surface area contributed by atoms with Gasteiger partial charge in [-0.05, 0) is 22.4 Å². The molecule has 0 aromatic heterocycles. The van der Waals surface area contributed by atoms with Crippen molar-refractivity contribution in [2.75, 3.05) is 0 Å². The summed E-state index contributed by atoms with van der Waals surface area (Å²) < 4.78 is 30.8. The molecule has 1 rings (SSSR count). The predicted molar refractivity (Wildman–Crippen MR) is 52.4 cm³/mol. The van der Waals surface area contributed by atoms with Crippen LogP contribution in [-0.4, -0.2) is 13.0 Å². The van der Waals surface area contributed by atoms with E-state index in [2.05, 4.69) is 0 Å². The van der Waals surface area contributed by atoms with Crippen LogP contribution in [-0.2, 0) is 14.9 Å². The van der Waals surface area contributed by atoms with Gasteiger partial charge in [0.1, 0.15) is 9.15 Å². The number of halogens is 1. The summed E-state index contributed by atoms with van der Waals surface area (Å²) in [5.74, 6) is 0.0888. The van der Waals surface area contributed by atoms with E-state index < -0.39 is 9.15 Å². The Labute approximate surface area is 114 Å². The summed E-state index contributed by atoms with van der Waals surface area (Å²) in [5, 5.41) is 0.471. The van der Waals surface area contributed by atoms with Gasteiger partial charge in [0.2, 0.25) is 0 Å². The van der Waals surface area contributed by atoms with Gasteiger partial charge in [-0.3, -0.25) is 0 Å². The molecule has 0 atom stereocenters. The normalized spacial score (nSPS) is 10.7. The number of benzene rings is 1. The molecule has 0 spiro atoms. The first-order valence-electron chi connectivity index (χ1n) is 3.33. The molecule has 1 aromatic carbocycles. The molecule has 0 fully saturated rings. The van der Waals surface area contributed by atoms with Crippen molar-refractivity contribution >= 4 is 31.5 Å². The van der Waals surface area contributed by atoms with Gasteiger partial charge in [0.05, 0.1) is 0 Å². The van der Waals surface area contributed by atoms with Crippen molar-refractivity contribution in [2.24, 2.45) is 0 Å². The van der Waals surface area contributed by atoms with Crippen LogP contribution in [0.1, 0.15) is 5.56 Å². The molecule has 0 saturated carbocycles. The van der Waals surface area contributed by atoms with E-state index in [1.165, 1.54) is 0 Å². The van der Waals surface area contributed by atoms with Crippen molar-refractivity contribution in [3.63, 3.8) is 0 Å². The van der Waals surface area contributed by atoms with Crippen molar-refractivity contribution in [3.05, 3.63) is 34.9 Å². The quantitative estimate of drug-likeness (QED) is 0.399. The molecule has 14 heavy (non-hydrogen) atoms. The Bertz CT molecular complexity index is 394. The Kier molecular flexibility index (Phi) is 6.72. The summed E-state index contributed by atoms with van der Waals surface area (Å²) in [4.78, 5) is 0. The van der Waals surface area contributed by atoms with E-state index in [0.29, 0.717) is 21.4 Å². The van der Waals surface area contributed by atoms with Crippen molar-refractivity contribution in [1.29, 1.82) is 0 Å². The second-order valence-corrected chi connectivity index (χ2v) is 5.94. The number of hydrogen-bond donors (Lipinski definition) is 0. The third kappa shape index (κ3) is 5.60. The van der Waals surface area contributed by atoms with Gasteiger partial charge >= 0.3 is 29.6 Å². The standard InChI is InChI=1S/C7H7ClO3S2.Na/c8-7-4-2-1-3-6(7)5-12-13(9,10)11;/h1-4H,5H2,(H,9,10,11);/q;+1/p-1. The Morgan fingerprint density at radius 3 is 2.43 bits per heavy atom. The second kappa shape index (κ2) is 6.37. The van der Waals surface area contributed by atoms with Gasteiger partial charge in [-0.1, -0.05) is 29.8 Å². The Hall–Kier alpha value is 0.770. The number of hydrogen-bond acceptors (Lipinski definition) is 4. The molecule has 0 aliphatic rings. The molecule has 0 N–H and O–H groups in total. The van der Waals surface area contributed by atoms with Crippen molar-refractivity contribution in [1.82, 2.24) is 0 Å². The molecule has 0 heterocycles. The topological polar surface area (TPSA) is 57.2 Å². The molecule has 0 aliphatic carbocycles. The zero-order valence-corrected chi connectivity index (χ0v) is 11.8. The van der Waals surface area contributed by atoms with Crippen LogP contribution >= 0.6 is 22.4 Å². The largest absolute Gasteiger partial charge is 1.00 e. The molecule has 3 nitrogen and oxygen atoms in total. The maximum absolute atomic E-state index is 10.3. The van der Waals surface area contributed by atoms with E-state index in [1.54, 1.807) is 24.3 Å². The van der Waals surface area contributed by atoms with Crippen molar-refractivity contribution < 1.29 is 42.5 Å². The van der Waals surface area contributed by atoms with E-state index in [9.17, 15) is 13.0 Å². The average Bonchev–Trinajstić information content (AvgIpc) is 2.01.